The minimum Gasteiger partial charge on any atom is -0.469 e. The summed E-state index contributed by atoms with van der Waals surface area (Å²) >= 11 is 0. The highest BCUT2D eigenvalue weighted by atomic mass is 32.2. The van der Waals surface area contributed by atoms with E-state index in [0.29, 0.717) is 24.3 Å². The highest BCUT2D eigenvalue weighted by molar-refractivity contribution is 7.92. The first-order valence-corrected chi connectivity index (χ1v) is 26.9. The van der Waals surface area contributed by atoms with Crippen LogP contribution in [0.5, 0.6) is 0 Å². The second-order valence-corrected chi connectivity index (χ2v) is 21.1. The van der Waals surface area contributed by atoms with E-state index in [1.54, 1.807) is 0 Å². The molecule has 336 valence electrons. The number of ether oxygens (including phenoxy) is 2. The zero-order chi connectivity index (χ0) is 42.2. The lowest BCUT2D eigenvalue weighted by molar-refractivity contribution is -0.141. The highest BCUT2D eigenvalue weighted by Gasteiger charge is 2.25. The molecule has 0 spiro atoms. The van der Waals surface area contributed by atoms with Crippen LogP contribution in [0.1, 0.15) is 246 Å². The SMILES string of the molecule is CCCCCCCCC(CCCCCCCCC(=O)OC)S(=O)(=O)CCCC.CCCCCCCCCC(CCCCCCCC(=O)OC)S(=O)(=O)CCCC. The summed E-state index contributed by atoms with van der Waals surface area (Å²) in [5.41, 5.74) is 0. The molecule has 56 heavy (non-hydrogen) atoms. The molecule has 0 aromatic heterocycles. The molecule has 0 aromatic rings. The van der Waals surface area contributed by atoms with Gasteiger partial charge in [0, 0.05) is 12.8 Å². The van der Waals surface area contributed by atoms with Gasteiger partial charge in [0.15, 0.2) is 19.7 Å². The first-order valence-electron chi connectivity index (χ1n) is 23.5. The lowest BCUT2D eigenvalue weighted by Gasteiger charge is -2.18. The molecule has 0 N–H and O–H groups in total. The van der Waals surface area contributed by atoms with Gasteiger partial charge in [-0.25, -0.2) is 16.8 Å². The summed E-state index contributed by atoms with van der Waals surface area (Å²) in [4.78, 5) is 22.2. The summed E-state index contributed by atoms with van der Waals surface area (Å²) < 4.78 is 60.1. The van der Waals surface area contributed by atoms with Crippen molar-refractivity contribution < 1.29 is 35.9 Å². The number of carbonyl (C=O) groups is 2. The van der Waals surface area contributed by atoms with Crippen LogP contribution in [0.15, 0.2) is 0 Å². The van der Waals surface area contributed by atoms with Gasteiger partial charge in [0.2, 0.25) is 0 Å². The Morgan fingerprint density at radius 2 is 0.589 bits per heavy atom. The number of carbonyl (C=O) groups excluding carboxylic acids is 2. The Balaban J connectivity index is 0. The van der Waals surface area contributed by atoms with Crippen molar-refractivity contribution in [3.8, 4) is 0 Å². The molecule has 0 aliphatic heterocycles. The second-order valence-electron chi connectivity index (χ2n) is 16.3. The predicted molar refractivity (Wildman–Crippen MR) is 239 cm³/mol. The average molecular weight is 837 g/mol. The Morgan fingerprint density at radius 1 is 0.357 bits per heavy atom. The summed E-state index contributed by atoms with van der Waals surface area (Å²) in [7, 11) is -3.05. The molecule has 0 aromatic carbocycles. The molecule has 0 bridgehead atoms. The fourth-order valence-electron chi connectivity index (χ4n) is 7.24. The Bertz CT molecular complexity index is 1090. The molecular weight excluding hydrogens is 745 g/mol. The van der Waals surface area contributed by atoms with Gasteiger partial charge in [-0.15, -0.1) is 0 Å². The van der Waals surface area contributed by atoms with Crippen LogP contribution in [0.4, 0.5) is 0 Å². The molecule has 2 unspecified atom stereocenters. The van der Waals surface area contributed by atoms with Gasteiger partial charge < -0.3 is 9.47 Å². The first-order chi connectivity index (χ1) is 26.9. The third-order valence-corrected chi connectivity index (χ3v) is 15.8. The smallest absolute Gasteiger partial charge is 0.305 e. The highest BCUT2D eigenvalue weighted by Crippen LogP contribution is 2.23. The lowest BCUT2D eigenvalue weighted by atomic mass is 10.0. The average Bonchev–Trinajstić information content (AvgIpc) is 3.18. The van der Waals surface area contributed by atoms with Crippen LogP contribution in [0.2, 0.25) is 0 Å². The molecular formula is C46H92O8S2. The van der Waals surface area contributed by atoms with E-state index in [0.717, 1.165) is 141 Å². The Kier molecular flexibility index (Phi) is 41.3. The molecule has 0 heterocycles. The Hall–Kier alpha value is -1.16. The van der Waals surface area contributed by atoms with Crippen LogP contribution in [0, 0.1) is 0 Å². The summed E-state index contributed by atoms with van der Waals surface area (Å²) in [6, 6.07) is 0. The van der Waals surface area contributed by atoms with E-state index in [1.807, 2.05) is 0 Å². The third-order valence-electron chi connectivity index (χ3n) is 11.1. The molecule has 10 heteroatoms. The zero-order valence-corrected chi connectivity index (χ0v) is 39.3. The van der Waals surface area contributed by atoms with Crippen LogP contribution in [0.25, 0.3) is 0 Å². The molecule has 8 nitrogen and oxygen atoms in total. The van der Waals surface area contributed by atoms with E-state index < -0.39 is 19.7 Å². The van der Waals surface area contributed by atoms with E-state index >= 15 is 0 Å². The maximum absolute atomic E-state index is 12.7. The predicted octanol–water partition coefficient (Wildman–Crippen LogP) is 13.2. The maximum atomic E-state index is 12.7. The molecule has 2 atom stereocenters. The first kappa shape index (κ1) is 56.9. The summed E-state index contributed by atoms with van der Waals surface area (Å²) in [6.45, 7) is 8.55. The van der Waals surface area contributed by atoms with Crippen molar-refractivity contribution in [2.45, 2.75) is 257 Å². The van der Waals surface area contributed by atoms with Crippen LogP contribution in [-0.4, -0.2) is 65.0 Å². The minimum atomic E-state index is -2.96. The van der Waals surface area contributed by atoms with E-state index in [2.05, 4.69) is 37.2 Å². The monoisotopic (exact) mass is 837 g/mol. The zero-order valence-electron chi connectivity index (χ0n) is 37.7. The van der Waals surface area contributed by atoms with E-state index in [-0.39, 0.29) is 22.4 Å². The van der Waals surface area contributed by atoms with Gasteiger partial charge in [0.25, 0.3) is 0 Å². The normalized spacial score (nSPS) is 12.8. The largest absolute Gasteiger partial charge is 0.469 e. The molecule has 0 rings (SSSR count). The van der Waals surface area contributed by atoms with Crippen molar-refractivity contribution in [2.24, 2.45) is 0 Å². The van der Waals surface area contributed by atoms with Gasteiger partial charge in [-0.1, -0.05) is 182 Å². The fourth-order valence-corrected chi connectivity index (χ4v) is 11.4. The molecule has 0 radical (unpaired) electrons. The van der Waals surface area contributed by atoms with Gasteiger partial charge in [-0.2, -0.15) is 0 Å². The van der Waals surface area contributed by atoms with Crippen molar-refractivity contribution in [1.29, 1.82) is 0 Å². The van der Waals surface area contributed by atoms with Gasteiger partial charge in [-0.3, -0.25) is 9.59 Å². The standard InChI is InChI=1S/2C23H46O4S/c1-4-6-8-9-12-15-18-22(28(25,26)21-7-5-2)19-16-13-10-11-14-17-20-23(24)27-3;1-4-6-8-9-10-12-15-18-22(28(25,26)21-7-5-2)19-16-13-11-14-17-20-23(24)27-3/h2*22H,4-21H2,1-3H3. The lowest BCUT2D eigenvalue weighted by Crippen LogP contribution is -2.24. The third kappa shape index (κ3) is 36.0. The topological polar surface area (TPSA) is 121 Å². The Morgan fingerprint density at radius 3 is 0.839 bits per heavy atom. The van der Waals surface area contributed by atoms with Crippen molar-refractivity contribution in [3.63, 3.8) is 0 Å². The van der Waals surface area contributed by atoms with E-state index in [1.165, 1.54) is 78.4 Å². The minimum absolute atomic E-state index is 0.130. The van der Waals surface area contributed by atoms with Crippen LogP contribution in [-0.2, 0) is 38.7 Å². The molecule has 0 amide bonds. The number of methoxy groups -OCH3 is 2. The Labute approximate surface area is 348 Å². The van der Waals surface area contributed by atoms with Crippen LogP contribution in [0.3, 0.4) is 0 Å². The summed E-state index contributed by atoms with van der Waals surface area (Å²) in [5, 5.41) is -0.283. The van der Waals surface area contributed by atoms with Gasteiger partial charge >= 0.3 is 11.9 Å². The van der Waals surface area contributed by atoms with Gasteiger partial charge in [-0.05, 0) is 51.4 Å². The number of rotatable bonds is 40. The van der Waals surface area contributed by atoms with Gasteiger partial charge in [0.1, 0.15) is 0 Å². The maximum Gasteiger partial charge on any atom is 0.305 e. The van der Waals surface area contributed by atoms with E-state index in [9.17, 15) is 26.4 Å². The van der Waals surface area contributed by atoms with Crippen LogP contribution < -0.4 is 0 Å². The molecule has 0 aliphatic rings. The van der Waals surface area contributed by atoms with Crippen molar-refractivity contribution in [2.75, 3.05) is 25.7 Å². The molecule has 0 saturated heterocycles. The number of hydrogen-bond donors (Lipinski definition) is 0. The van der Waals surface area contributed by atoms with E-state index in [4.69, 9.17) is 0 Å². The number of hydrogen-bond acceptors (Lipinski definition) is 8. The summed E-state index contributed by atoms with van der Waals surface area (Å²) in [6.07, 6.45) is 34.9. The summed E-state index contributed by atoms with van der Waals surface area (Å²) in [5.74, 6) is 0.438. The van der Waals surface area contributed by atoms with Crippen molar-refractivity contribution in [3.05, 3.63) is 0 Å². The molecule has 0 aliphatic carbocycles. The number of esters is 2. The number of sulfone groups is 2. The molecule has 0 fully saturated rings. The molecule has 0 saturated carbocycles. The fraction of sp³-hybridized carbons (Fsp3) is 0.957. The van der Waals surface area contributed by atoms with Crippen molar-refractivity contribution in [1.82, 2.24) is 0 Å². The number of unbranched alkanes of at least 4 members (excludes halogenated alkanes) is 22. The quantitative estimate of drug-likeness (QED) is 0.0442. The van der Waals surface area contributed by atoms with Gasteiger partial charge in [0.05, 0.1) is 36.2 Å². The second kappa shape index (κ2) is 40.6. The van der Waals surface area contributed by atoms with Crippen LogP contribution >= 0.6 is 0 Å². The van der Waals surface area contributed by atoms with Crippen molar-refractivity contribution >= 4 is 31.6 Å².